The van der Waals surface area contributed by atoms with E-state index in [0.29, 0.717) is 24.5 Å². The Bertz CT molecular complexity index is 912. The van der Waals surface area contributed by atoms with Crippen LogP contribution in [0.25, 0.3) is 0 Å². The van der Waals surface area contributed by atoms with Gasteiger partial charge in [0.15, 0.2) is 18.1 Å². The highest BCUT2D eigenvalue weighted by Crippen LogP contribution is 2.34. The normalized spacial score (nSPS) is 10.4. The minimum atomic E-state index is -0.766. The van der Waals surface area contributed by atoms with Gasteiger partial charge >= 0.3 is 5.97 Å². The molecule has 166 valence electrons. The Kier molecular flexibility index (Phi) is 8.87. The molecule has 0 aliphatic rings. The van der Waals surface area contributed by atoms with Crippen molar-refractivity contribution >= 4 is 23.5 Å². The molecule has 31 heavy (non-hydrogen) atoms. The molecule has 0 atom stereocenters. The highest BCUT2D eigenvalue weighted by molar-refractivity contribution is 6.03. The molecule has 8 nitrogen and oxygen atoms in total. The summed E-state index contributed by atoms with van der Waals surface area (Å²) < 4.78 is 15.6. The zero-order chi connectivity index (χ0) is 22.8. The number of anilines is 1. The maximum atomic E-state index is 12.6. The van der Waals surface area contributed by atoms with Gasteiger partial charge in [-0.25, -0.2) is 4.79 Å². The van der Waals surface area contributed by atoms with Crippen LogP contribution in [0.15, 0.2) is 42.5 Å². The Balaban J connectivity index is 2.03. The van der Waals surface area contributed by atoms with Crippen molar-refractivity contribution in [1.82, 2.24) is 5.32 Å². The summed E-state index contributed by atoms with van der Waals surface area (Å²) in [6.07, 6.45) is 0.668. The molecule has 0 aliphatic heterocycles. The predicted molar refractivity (Wildman–Crippen MR) is 116 cm³/mol. The molecule has 2 N–H and O–H groups in total. The smallest absolute Gasteiger partial charge is 0.340 e. The number of nitrogens with one attached hydrogen (secondary N) is 2. The second-order valence-electron chi connectivity index (χ2n) is 7.06. The Morgan fingerprint density at radius 2 is 1.61 bits per heavy atom. The molecule has 2 aromatic rings. The van der Waals surface area contributed by atoms with Crippen molar-refractivity contribution in [3.63, 3.8) is 0 Å². The van der Waals surface area contributed by atoms with Crippen molar-refractivity contribution in [2.24, 2.45) is 5.92 Å². The number of hydrogen-bond acceptors (Lipinski definition) is 6. The first-order valence-electron chi connectivity index (χ1n) is 9.90. The number of rotatable bonds is 10. The molecule has 2 amide bonds. The fourth-order valence-electron chi connectivity index (χ4n) is 2.68. The van der Waals surface area contributed by atoms with Gasteiger partial charge in [0.2, 0.25) is 5.91 Å². The van der Waals surface area contributed by atoms with Crippen molar-refractivity contribution in [3.05, 3.63) is 53.6 Å². The highest BCUT2D eigenvalue weighted by atomic mass is 16.5. The number of ether oxygens (including phenoxy) is 3. The Morgan fingerprint density at radius 1 is 0.968 bits per heavy atom. The second-order valence-corrected chi connectivity index (χ2v) is 7.06. The monoisotopic (exact) mass is 428 g/mol. The zero-order valence-corrected chi connectivity index (χ0v) is 18.2. The third-order valence-corrected chi connectivity index (χ3v) is 4.44. The molecule has 0 spiro atoms. The third kappa shape index (κ3) is 7.02. The molecule has 0 saturated heterocycles. The number of methoxy groups -OCH3 is 2. The lowest BCUT2D eigenvalue weighted by molar-refractivity contribution is -0.124. The van der Waals surface area contributed by atoms with E-state index in [1.165, 1.54) is 26.4 Å². The average Bonchev–Trinajstić information content (AvgIpc) is 2.77. The van der Waals surface area contributed by atoms with Gasteiger partial charge < -0.3 is 24.8 Å². The lowest BCUT2D eigenvalue weighted by Gasteiger charge is -2.16. The number of carbonyl (C=O) groups is 3. The van der Waals surface area contributed by atoms with Gasteiger partial charge in [-0.3, -0.25) is 9.59 Å². The molecule has 0 heterocycles. The molecular formula is C23H28N2O6. The maximum Gasteiger partial charge on any atom is 0.340 e. The summed E-state index contributed by atoms with van der Waals surface area (Å²) in [6.45, 7) is 3.44. The van der Waals surface area contributed by atoms with Gasteiger partial charge in [-0.05, 0) is 12.0 Å². The molecule has 0 aromatic heterocycles. The van der Waals surface area contributed by atoms with Crippen LogP contribution in [-0.4, -0.2) is 45.2 Å². The van der Waals surface area contributed by atoms with Crippen LogP contribution in [0.5, 0.6) is 11.5 Å². The van der Waals surface area contributed by atoms with Gasteiger partial charge in [0.25, 0.3) is 5.91 Å². The molecule has 0 fully saturated rings. The van der Waals surface area contributed by atoms with E-state index in [2.05, 4.69) is 10.6 Å². The van der Waals surface area contributed by atoms with E-state index in [1.54, 1.807) is 13.8 Å². The van der Waals surface area contributed by atoms with E-state index in [1.807, 2.05) is 30.3 Å². The zero-order valence-electron chi connectivity index (χ0n) is 18.2. The molecule has 8 heteroatoms. The number of benzene rings is 2. The summed E-state index contributed by atoms with van der Waals surface area (Å²) >= 11 is 0. The first kappa shape index (κ1) is 23.7. The van der Waals surface area contributed by atoms with E-state index in [-0.39, 0.29) is 23.1 Å². The lowest BCUT2D eigenvalue weighted by atomic mass is 10.1. The van der Waals surface area contributed by atoms with Crippen LogP contribution >= 0.6 is 0 Å². The molecule has 2 rings (SSSR count). The van der Waals surface area contributed by atoms with Gasteiger partial charge in [0.1, 0.15) is 0 Å². The first-order chi connectivity index (χ1) is 14.8. The largest absolute Gasteiger partial charge is 0.493 e. The van der Waals surface area contributed by atoms with Crippen molar-refractivity contribution in [1.29, 1.82) is 0 Å². The first-order valence-corrected chi connectivity index (χ1v) is 9.90. The van der Waals surface area contributed by atoms with Crippen LogP contribution in [-0.2, 0) is 20.7 Å². The summed E-state index contributed by atoms with van der Waals surface area (Å²) in [7, 11) is 2.88. The van der Waals surface area contributed by atoms with E-state index in [9.17, 15) is 14.4 Å². The SMILES string of the molecule is COc1cc(NC(=O)C(C)C)c(C(=O)OCC(=O)NCCc2ccccc2)cc1OC. The fourth-order valence-corrected chi connectivity index (χ4v) is 2.68. The molecule has 0 aliphatic carbocycles. The van der Waals surface area contributed by atoms with Crippen LogP contribution in [0.1, 0.15) is 29.8 Å². The van der Waals surface area contributed by atoms with Crippen LogP contribution < -0.4 is 20.1 Å². The van der Waals surface area contributed by atoms with Crippen molar-refractivity contribution in [2.75, 3.05) is 32.7 Å². The number of amides is 2. The molecular weight excluding hydrogens is 400 g/mol. The van der Waals surface area contributed by atoms with E-state index >= 15 is 0 Å². The van der Waals surface area contributed by atoms with E-state index < -0.39 is 18.5 Å². The number of carbonyl (C=O) groups excluding carboxylic acids is 3. The summed E-state index contributed by atoms with van der Waals surface area (Å²) in [5.41, 5.74) is 1.37. The lowest BCUT2D eigenvalue weighted by Crippen LogP contribution is -2.30. The second kappa shape index (κ2) is 11.6. The minimum Gasteiger partial charge on any atom is -0.493 e. The van der Waals surface area contributed by atoms with Gasteiger partial charge in [0, 0.05) is 24.6 Å². The van der Waals surface area contributed by atoms with Crippen LogP contribution in [0, 0.1) is 5.92 Å². The quantitative estimate of drug-likeness (QED) is 0.564. The van der Waals surface area contributed by atoms with Crippen LogP contribution in [0.4, 0.5) is 5.69 Å². The third-order valence-electron chi connectivity index (χ3n) is 4.44. The van der Waals surface area contributed by atoms with Crippen molar-refractivity contribution in [3.8, 4) is 11.5 Å². The van der Waals surface area contributed by atoms with Crippen molar-refractivity contribution in [2.45, 2.75) is 20.3 Å². The summed E-state index contributed by atoms with van der Waals surface area (Å²) in [4.78, 5) is 36.8. The standard InChI is InChI=1S/C23H28N2O6/c1-15(2)22(27)25-18-13-20(30-4)19(29-3)12-17(18)23(28)31-14-21(26)24-11-10-16-8-6-5-7-9-16/h5-9,12-13,15H,10-11,14H2,1-4H3,(H,24,26)(H,25,27). The number of esters is 1. The van der Waals surface area contributed by atoms with Gasteiger partial charge in [0.05, 0.1) is 25.5 Å². The average molecular weight is 428 g/mol. The summed E-state index contributed by atoms with van der Waals surface area (Å²) in [5.74, 6) is -1.12. The summed E-state index contributed by atoms with van der Waals surface area (Å²) in [6, 6.07) is 12.6. The molecule has 0 saturated carbocycles. The van der Waals surface area contributed by atoms with E-state index in [4.69, 9.17) is 14.2 Å². The highest BCUT2D eigenvalue weighted by Gasteiger charge is 2.21. The number of hydrogen-bond donors (Lipinski definition) is 2. The van der Waals surface area contributed by atoms with Gasteiger partial charge in [-0.2, -0.15) is 0 Å². The van der Waals surface area contributed by atoms with Crippen molar-refractivity contribution < 1.29 is 28.6 Å². The minimum absolute atomic E-state index is 0.0590. The maximum absolute atomic E-state index is 12.6. The molecule has 2 aromatic carbocycles. The molecule has 0 unspecified atom stereocenters. The molecule has 0 bridgehead atoms. The van der Waals surface area contributed by atoms with Crippen LogP contribution in [0.2, 0.25) is 0 Å². The van der Waals surface area contributed by atoms with Crippen LogP contribution in [0.3, 0.4) is 0 Å². The topological polar surface area (TPSA) is 103 Å². The van der Waals surface area contributed by atoms with Gasteiger partial charge in [-0.1, -0.05) is 44.2 Å². The fraction of sp³-hybridized carbons (Fsp3) is 0.348. The Morgan fingerprint density at radius 3 is 2.23 bits per heavy atom. The Hall–Kier alpha value is -3.55. The predicted octanol–water partition coefficient (Wildman–Crippen LogP) is 2.81. The molecule has 0 radical (unpaired) electrons. The summed E-state index contributed by atoms with van der Waals surface area (Å²) in [5, 5.41) is 5.39. The Labute approximate surface area is 181 Å². The van der Waals surface area contributed by atoms with E-state index in [0.717, 1.165) is 5.56 Å². The van der Waals surface area contributed by atoms with Gasteiger partial charge in [-0.15, -0.1) is 0 Å².